The highest BCUT2D eigenvalue weighted by Crippen LogP contribution is 2.40. The maximum absolute atomic E-state index is 5.99. The maximum Gasteiger partial charge on any atom is 0.227 e. The Morgan fingerprint density at radius 3 is 2.90 bits per heavy atom. The lowest BCUT2D eigenvalue weighted by molar-refractivity contribution is -0.147. The van der Waals surface area contributed by atoms with Crippen molar-refractivity contribution in [2.45, 2.75) is 37.9 Å². The predicted molar refractivity (Wildman–Crippen MR) is 73.9 cm³/mol. The second-order valence-corrected chi connectivity index (χ2v) is 5.65. The maximum atomic E-state index is 5.99. The first-order chi connectivity index (χ1) is 10.1. The van der Waals surface area contributed by atoms with E-state index >= 15 is 0 Å². The number of ether oxygens (including phenoxy) is 3. The van der Waals surface area contributed by atoms with E-state index in [0.29, 0.717) is 5.88 Å². The Morgan fingerprint density at radius 2 is 2.10 bits per heavy atom. The summed E-state index contributed by atoms with van der Waals surface area (Å²) in [7, 11) is 1.58. The molecule has 4 rings (SSSR count). The van der Waals surface area contributed by atoms with E-state index in [1.165, 1.54) is 6.33 Å². The van der Waals surface area contributed by atoms with Crippen molar-refractivity contribution < 1.29 is 14.2 Å². The zero-order chi connectivity index (χ0) is 14.6. The average Bonchev–Trinajstić information content (AvgIpc) is 3.09. The first-order valence-corrected chi connectivity index (χ1v) is 6.85. The SMILES string of the molecule is COc1ncnc2c1cnn2[C@@H]1C=C[C@H]2OC(C)(C)O[C@@H]12. The molecule has 0 aromatic carbocycles. The molecule has 1 fully saturated rings. The third kappa shape index (κ3) is 1.85. The summed E-state index contributed by atoms with van der Waals surface area (Å²) in [6, 6.07) is -0.0473. The van der Waals surface area contributed by atoms with Gasteiger partial charge in [-0.1, -0.05) is 12.2 Å². The largest absolute Gasteiger partial charge is 0.480 e. The van der Waals surface area contributed by atoms with Crippen LogP contribution < -0.4 is 4.74 Å². The lowest BCUT2D eigenvalue weighted by Crippen LogP contribution is -2.28. The second-order valence-electron chi connectivity index (χ2n) is 5.65. The monoisotopic (exact) mass is 288 g/mol. The molecule has 1 aliphatic heterocycles. The van der Waals surface area contributed by atoms with Crippen LogP contribution in [0.3, 0.4) is 0 Å². The van der Waals surface area contributed by atoms with E-state index in [1.54, 1.807) is 13.3 Å². The van der Waals surface area contributed by atoms with Gasteiger partial charge in [-0.25, -0.2) is 14.6 Å². The lowest BCUT2D eigenvalue weighted by Gasteiger charge is -2.21. The van der Waals surface area contributed by atoms with E-state index in [-0.39, 0.29) is 18.2 Å². The highest BCUT2D eigenvalue weighted by Gasteiger charge is 2.47. The van der Waals surface area contributed by atoms with Gasteiger partial charge in [-0.3, -0.25) is 0 Å². The van der Waals surface area contributed by atoms with Crippen LogP contribution >= 0.6 is 0 Å². The molecule has 0 amide bonds. The molecular formula is C14H16N4O3. The van der Waals surface area contributed by atoms with E-state index in [2.05, 4.69) is 15.1 Å². The molecule has 7 nitrogen and oxygen atoms in total. The number of aromatic nitrogens is 4. The molecule has 0 radical (unpaired) electrons. The molecule has 0 spiro atoms. The van der Waals surface area contributed by atoms with Crippen LogP contribution in [0.5, 0.6) is 5.88 Å². The van der Waals surface area contributed by atoms with E-state index < -0.39 is 5.79 Å². The van der Waals surface area contributed by atoms with Crippen LogP contribution in [-0.4, -0.2) is 44.9 Å². The van der Waals surface area contributed by atoms with Gasteiger partial charge in [-0.15, -0.1) is 0 Å². The summed E-state index contributed by atoms with van der Waals surface area (Å²) in [5.41, 5.74) is 0.727. The van der Waals surface area contributed by atoms with Gasteiger partial charge in [-0.05, 0) is 13.8 Å². The van der Waals surface area contributed by atoms with Crippen molar-refractivity contribution in [1.29, 1.82) is 0 Å². The Labute approximate surface area is 121 Å². The Bertz CT molecular complexity index is 724. The van der Waals surface area contributed by atoms with Crippen LogP contribution in [0.25, 0.3) is 11.0 Å². The summed E-state index contributed by atoms with van der Waals surface area (Å²) in [5.74, 6) is -0.0535. The van der Waals surface area contributed by atoms with Gasteiger partial charge in [0.1, 0.15) is 30.0 Å². The summed E-state index contributed by atoms with van der Waals surface area (Å²) in [4.78, 5) is 8.42. The Kier molecular flexibility index (Phi) is 2.58. The number of methoxy groups -OCH3 is 1. The highest BCUT2D eigenvalue weighted by atomic mass is 16.8. The van der Waals surface area contributed by atoms with Gasteiger partial charge in [0.15, 0.2) is 11.4 Å². The molecule has 0 unspecified atom stereocenters. The zero-order valence-electron chi connectivity index (χ0n) is 12.1. The van der Waals surface area contributed by atoms with Crippen molar-refractivity contribution in [2.75, 3.05) is 7.11 Å². The molecule has 0 N–H and O–H groups in total. The molecule has 2 aromatic heterocycles. The Morgan fingerprint density at radius 1 is 1.24 bits per heavy atom. The van der Waals surface area contributed by atoms with Gasteiger partial charge >= 0.3 is 0 Å². The topological polar surface area (TPSA) is 71.3 Å². The van der Waals surface area contributed by atoms with Gasteiger partial charge in [0.2, 0.25) is 5.88 Å². The molecule has 0 bridgehead atoms. The van der Waals surface area contributed by atoms with Crippen molar-refractivity contribution in [3.63, 3.8) is 0 Å². The molecular weight excluding hydrogens is 272 g/mol. The molecule has 2 aliphatic rings. The van der Waals surface area contributed by atoms with Crippen LogP contribution in [0.1, 0.15) is 19.9 Å². The summed E-state index contributed by atoms with van der Waals surface area (Å²) in [6.45, 7) is 3.84. The minimum Gasteiger partial charge on any atom is -0.480 e. The molecule has 3 heterocycles. The van der Waals surface area contributed by atoms with Crippen LogP contribution in [0.15, 0.2) is 24.7 Å². The van der Waals surface area contributed by atoms with Gasteiger partial charge in [-0.2, -0.15) is 5.10 Å². The standard InChI is InChI=1S/C14H16N4O3/c1-14(2)20-10-5-4-9(11(10)21-14)18-12-8(6-17-18)13(19-3)16-7-15-12/h4-7,9-11H,1-3H3/t9-,10-,11+/m1/s1. The van der Waals surface area contributed by atoms with Crippen molar-refractivity contribution >= 4 is 11.0 Å². The van der Waals surface area contributed by atoms with Crippen LogP contribution in [0, 0.1) is 0 Å². The van der Waals surface area contributed by atoms with Gasteiger partial charge < -0.3 is 14.2 Å². The zero-order valence-corrected chi connectivity index (χ0v) is 12.1. The van der Waals surface area contributed by atoms with Gasteiger partial charge in [0.25, 0.3) is 0 Å². The molecule has 1 saturated heterocycles. The fourth-order valence-corrected chi connectivity index (χ4v) is 3.01. The summed E-state index contributed by atoms with van der Waals surface area (Å²) >= 11 is 0. The minimum absolute atomic E-state index is 0.0473. The van der Waals surface area contributed by atoms with Crippen molar-refractivity contribution in [1.82, 2.24) is 19.7 Å². The van der Waals surface area contributed by atoms with Crippen molar-refractivity contribution in [2.24, 2.45) is 0 Å². The molecule has 21 heavy (non-hydrogen) atoms. The third-order valence-corrected chi connectivity index (χ3v) is 3.83. The van der Waals surface area contributed by atoms with Gasteiger partial charge in [0, 0.05) is 0 Å². The first-order valence-electron chi connectivity index (χ1n) is 6.85. The summed E-state index contributed by atoms with van der Waals surface area (Å²) in [5, 5.41) is 5.23. The molecule has 7 heteroatoms. The molecule has 1 aliphatic carbocycles. The minimum atomic E-state index is -0.575. The number of hydrogen-bond donors (Lipinski definition) is 0. The number of nitrogens with zero attached hydrogens (tertiary/aromatic N) is 4. The first kappa shape index (κ1) is 12.7. The highest BCUT2D eigenvalue weighted by molar-refractivity contribution is 5.79. The van der Waals surface area contributed by atoms with E-state index in [4.69, 9.17) is 14.2 Å². The Hall–Kier alpha value is -1.99. The fraction of sp³-hybridized carbons (Fsp3) is 0.500. The van der Waals surface area contributed by atoms with E-state index in [9.17, 15) is 0 Å². The van der Waals surface area contributed by atoms with Gasteiger partial charge in [0.05, 0.1) is 13.3 Å². The fourth-order valence-electron chi connectivity index (χ4n) is 3.01. The van der Waals surface area contributed by atoms with Crippen LogP contribution in [0.2, 0.25) is 0 Å². The molecule has 2 aromatic rings. The quantitative estimate of drug-likeness (QED) is 0.779. The normalized spacial score (nSPS) is 30.0. The summed E-state index contributed by atoms with van der Waals surface area (Å²) < 4.78 is 18.9. The van der Waals surface area contributed by atoms with Crippen LogP contribution in [-0.2, 0) is 9.47 Å². The number of hydrogen-bond acceptors (Lipinski definition) is 6. The summed E-state index contributed by atoms with van der Waals surface area (Å²) in [6.07, 6.45) is 7.13. The predicted octanol–water partition coefficient (Wildman–Crippen LogP) is 1.47. The van der Waals surface area contributed by atoms with Crippen molar-refractivity contribution in [3.05, 3.63) is 24.7 Å². The molecule has 3 atom stereocenters. The number of fused-ring (bicyclic) bond motifs is 2. The molecule has 0 saturated carbocycles. The average molecular weight is 288 g/mol. The third-order valence-electron chi connectivity index (χ3n) is 3.83. The van der Waals surface area contributed by atoms with E-state index in [1.807, 2.05) is 30.7 Å². The number of rotatable bonds is 2. The van der Waals surface area contributed by atoms with Crippen LogP contribution in [0.4, 0.5) is 0 Å². The van der Waals surface area contributed by atoms with Crippen molar-refractivity contribution in [3.8, 4) is 5.88 Å². The Balaban J connectivity index is 1.76. The second kappa shape index (κ2) is 4.25. The lowest BCUT2D eigenvalue weighted by atomic mass is 10.2. The molecule has 110 valence electrons. The van der Waals surface area contributed by atoms with E-state index in [0.717, 1.165) is 11.0 Å². The smallest absolute Gasteiger partial charge is 0.227 e.